The lowest BCUT2D eigenvalue weighted by Gasteiger charge is -2.18. The molecule has 1 aliphatic heterocycles. The van der Waals surface area contributed by atoms with Gasteiger partial charge in [0.05, 0.1) is 12.3 Å². The molecule has 2 aromatic carbocycles. The van der Waals surface area contributed by atoms with Crippen molar-refractivity contribution in [2.45, 2.75) is 32.3 Å². The topological polar surface area (TPSA) is 55.4 Å². The highest BCUT2D eigenvalue weighted by molar-refractivity contribution is 6.30. The summed E-state index contributed by atoms with van der Waals surface area (Å²) in [5, 5.41) is 3.62. The number of cyclic esters (lactones) is 1. The molecule has 2 atom stereocenters. The lowest BCUT2D eigenvalue weighted by Crippen LogP contribution is -2.33. The first-order chi connectivity index (χ1) is 12.6. The highest BCUT2D eigenvalue weighted by Crippen LogP contribution is 2.35. The molecule has 5 heteroatoms. The average molecular weight is 372 g/mol. The molecule has 0 saturated carbocycles. The zero-order valence-corrected chi connectivity index (χ0v) is 15.5. The van der Waals surface area contributed by atoms with Gasteiger partial charge >= 0.3 is 5.97 Å². The van der Waals surface area contributed by atoms with Crippen LogP contribution in [0.5, 0.6) is 0 Å². The number of benzene rings is 2. The Morgan fingerprint density at radius 3 is 2.42 bits per heavy atom. The summed E-state index contributed by atoms with van der Waals surface area (Å²) in [4.78, 5) is 24.4. The van der Waals surface area contributed by atoms with Crippen LogP contribution in [0.15, 0.2) is 48.5 Å². The van der Waals surface area contributed by atoms with Gasteiger partial charge in [-0.3, -0.25) is 9.59 Å². The van der Waals surface area contributed by atoms with E-state index in [0.717, 1.165) is 17.5 Å². The molecular weight excluding hydrogens is 350 g/mol. The Balaban J connectivity index is 1.60. The molecule has 1 amide bonds. The van der Waals surface area contributed by atoms with Crippen molar-refractivity contribution < 1.29 is 14.3 Å². The SMILES string of the molecule is CCc1ccc([C@H]2OC(=O)C[C@@H]2C(=O)NCCc2ccc(Cl)cc2)cc1. The van der Waals surface area contributed by atoms with Gasteiger partial charge in [0.1, 0.15) is 6.10 Å². The van der Waals surface area contributed by atoms with Crippen molar-refractivity contribution in [2.24, 2.45) is 5.92 Å². The summed E-state index contributed by atoms with van der Waals surface area (Å²) in [6.07, 6.45) is 1.26. The Hall–Kier alpha value is -2.33. The third kappa shape index (κ3) is 4.44. The number of ether oxygens (including phenoxy) is 1. The molecule has 1 N–H and O–H groups in total. The van der Waals surface area contributed by atoms with E-state index in [9.17, 15) is 9.59 Å². The van der Waals surface area contributed by atoms with Gasteiger partial charge in [-0.25, -0.2) is 0 Å². The molecule has 1 saturated heterocycles. The van der Waals surface area contributed by atoms with E-state index in [1.165, 1.54) is 5.56 Å². The summed E-state index contributed by atoms with van der Waals surface area (Å²) in [5.74, 6) is -0.956. The van der Waals surface area contributed by atoms with Crippen LogP contribution >= 0.6 is 11.6 Å². The van der Waals surface area contributed by atoms with Crippen LogP contribution in [-0.4, -0.2) is 18.4 Å². The monoisotopic (exact) mass is 371 g/mol. The Morgan fingerprint density at radius 1 is 1.12 bits per heavy atom. The maximum absolute atomic E-state index is 12.6. The molecule has 1 heterocycles. The maximum atomic E-state index is 12.6. The smallest absolute Gasteiger partial charge is 0.307 e. The number of aryl methyl sites for hydroxylation is 1. The number of carbonyl (C=O) groups is 2. The van der Waals surface area contributed by atoms with E-state index in [0.29, 0.717) is 18.0 Å². The highest BCUT2D eigenvalue weighted by Gasteiger charge is 2.40. The second-order valence-corrected chi connectivity index (χ2v) is 6.92. The number of hydrogen-bond acceptors (Lipinski definition) is 3. The molecule has 3 rings (SSSR count). The van der Waals surface area contributed by atoms with Crippen LogP contribution in [0.25, 0.3) is 0 Å². The first-order valence-corrected chi connectivity index (χ1v) is 9.25. The highest BCUT2D eigenvalue weighted by atomic mass is 35.5. The van der Waals surface area contributed by atoms with Crippen molar-refractivity contribution in [1.29, 1.82) is 0 Å². The molecule has 2 aromatic rings. The van der Waals surface area contributed by atoms with E-state index < -0.39 is 12.0 Å². The van der Waals surface area contributed by atoms with Crippen molar-refractivity contribution in [1.82, 2.24) is 5.32 Å². The van der Waals surface area contributed by atoms with E-state index >= 15 is 0 Å². The van der Waals surface area contributed by atoms with E-state index in [1.807, 2.05) is 48.5 Å². The Labute approximate surface area is 158 Å². The van der Waals surface area contributed by atoms with Gasteiger partial charge in [0.25, 0.3) is 0 Å². The van der Waals surface area contributed by atoms with Crippen LogP contribution < -0.4 is 5.32 Å². The van der Waals surface area contributed by atoms with Gasteiger partial charge < -0.3 is 10.1 Å². The molecular formula is C21H22ClNO3. The van der Waals surface area contributed by atoms with Crippen molar-refractivity contribution in [3.63, 3.8) is 0 Å². The van der Waals surface area contributed by atoms with Crippen molar-refractivity contribution in [3.05, 3.63) is 70.2 Å². The van der Waals surface area contributed by atoms with Crippen molar-refractivity contribution >= 4 is 23.5 Å². The molecule has 0 aromatic heterocycles. The van der Waals surface area contributed by atoms with E-state index in [1.54, 1.807) is 0 Å². The number of halogens is 1. The molecule has 1 aliphatic rings. The van der Waals surface area contributed by atoms with E-state index in [-0.39, 0.29) is 18.3 Å². The molecule has 0 unspecified atom stereocenters. The number of rotatable bonds is 6. The number of hydrogen-bond donors (Lipinski definition) is 1. The van der Waals surface area contributed by atoms with Crippen LogP contribution in [0, 0.1) is 5.92 Å². The second kappa shape index (κ2) is 8.37. The molecule has 1 fully saturated rings. The van der Waals surface area contributed by atoms with Gasteiger partial charge in [-0.05, 0) is 41.7 Å². The lowest BCUT2D eigenvalue weighted by atomic mass is 9.93. The third-order valence-electron chi connectivity index (χ3n) is 4.69. The van der Waals surface area contributed by atoms with E-state index in [4.69, 9.17) is 16.3 Å². The first kappa shape index (κ1) is 18.5. The van der Waals surface area contributed by atoms with Crippen LogP contribution in [0.4, 0.5) is 0 Å². The van der Waals surface area contributed by atoms with Gasteiger partial charge in [0, 0.05) is 11.6 Å². The zero-order valence-electron chi connectivity index (χ0n) is 14.7. The van der Waals surface area contributed by atoms with Crippen molar-refractivity contribution in [3.8, 4) is 0 Å². The summed E-state index contributed by atoms with van der Waals surface area (Å²) in [6.45, 7) is 2.59. The number of carbonyl (C=O) groups excluding carboxylic acids is 2. The summed E-state index contributed by atoms with van der Waals surface area (Å²) in [7, 11) is 0. The minimum Gasteiger partial charge on any atom is -0.457 e. The van der Waals surface area contributed by atoms with Crippen LogP contribution in [0.2, 0.25) is 5.02 Å². The Bertz CT molecular complexity index is 771. The van der Waals surface area contributed by atoms with Crippen LogP contribution in [-0.2, 0) is 27.2 Å². The molecule has 26 heavy (non-hydrogen) atoms. The average Bonchev–Trinajstić information content (AvgIpc) is 3.05. The Morgan fingerprint density at radius 2 is 1.77 bits per heavy atom. The number of nitrogens with one attached hydrogen (secondary N) is 1. The van der Waals surface area contributed by atoms with Gasteiger partial charge in [0.2, 0.25) is 5.91 Å². The zero-order chi connectivity index (χ0) is 18.5. The van der Waals surface area contributed by atoms with Crippen LogP contribution in [0.1, 0.15) is 36.1 Å². The molecule has 136 valence electrons. The number of esters is 1. The molecule has 0 spiro atoms. The molecule has 0 radical (unpaired) electrons. The fourth-order valence-electron chi connectivity index (χ4n) is 3.14. The minimum absolute atomic E-state index is 0.118. The standard InChI is InChI=1S/C21H22ClNO3/c1-2-14-3-7-16(8-4-14)20-18(13-19(24)26-20)21(25)23-12-11-15-5-9-17(22)10-6-15/h3-10,18,20H,2,11-13H2,1H3,(H,23,25)/t18-,20+/m0/s1. The van der Waals surface area contributed by atoms with Crippen molar-refractivity contribution in [2.75, 3.05) is 6.54 Å². The lowest BCUT2D eigenvalue weighted by molar-refractivity contribution is -0.141. The van der Waals surface area contributed by atoms with Crippen LogP contribution in [0.3, 0.4) is 0 Å². The van der Waals surface area contributed by atoms with Gasteiger partial charge in [-0.2, -0.15) is 0 Å². The molecule has 0 aliphatic carbocycles. The summed E-state index contributed by atoms with van der Waals surface area (Å²) in [5.41, 5.74) is 3.17. The normalized spacial score (nSPS) is 19.2. The minimum atomic E-state index is -0.510. The van der Waals surface area contributed by atoms with Gasteiger partial charge in [0.15, 0.2) is 0 Å². The predicted molar refractivity (Wildman–Crippen MR) is 101 cm³/mol. The largest absolute Gasteiger partial charge is 0.457 e. The quantitative estimate of drug-likeness (QED) is 0.784. The summed E-state index contributed by atoms with van der Waals surface area (Å²) >= 11 is 5.87. The summed E-state index contributed by atoms with van der Waals surface area (Å²) < 4.78 is 5.42. The van der Waals surface area contributed by atoms with Gasteiger partial charge in [-0.1, -0.05) is 54.9 Å². The fourth-order valence-corrected chi connectivity index (χ4v) is 3.27. The maximum Gasteiger partial charge on any atom is 0.307 e. The molecule has 4 nitrogen and oxygen atoms in total. The Kier molecular flexibility index (Phi) is 5.94. The molecule has 0 bridgehead atoms. The second-order valence-electron chi connectivity index (χ2n) is 6.48. The predicted octanol–water partition coefficient (Wildman–Crippen LogP) is 3.87. The third-order valence-corrected chi connectivity index (χ3v) is 4.94. The first-order valence-electron chi connectivity index (χ1n) is 8.87. The van der Waals surface area contributed by atoms with E-state index in [2.05, 4.69) is 12.2 Å². The fraction of sp³-hybridized carbons (Fsp3) is 0.333. The summed E-state index contributed by atoms with van der Waals surface area (Å²) in [6, 6.07) is 15.4. The van der Waals surface area contributed by atoms with Gasteiger partial charge in [-0.15, -0.1) is 0 Å². The number of amides is 1.